The molecule has 1 rings (SSSR count). The lowest BCUT2D eigenvalue weighted by atomic mass is 10.1. The van der Waals surface area contributed by atoms with Crippen LogP contribution in [0.4, 0.5) is 5.69 Å². The maximum Gasteiger partial charge on any atom is 0.107 e. The highest BCUT2D eigenvalue weighted by Crippen LogP contribution is 2.26. The molecule has 0 saturated carbocycles. The van der Waals surface area contributed by atoms with Crippen molar-refractivity contribution in [2.24, 2.45) is 5.73 Å². The summed E-state index contributed by atoms with van der Waals surface area (Å²) in [4.78, 5) is 1.45. The van der Waals surface area contributed by atoms with E-state index in [0.29, 0.717) is 23.0 Å². The van der Waals surface area contributed by atoms with Gasteiger partial charge in [-0.1, -0.05) is 25.2 Å². The Morgan fingerprint density at radius 1 is 1.56 bits per heavy atom. The molecule has 0 radical (unpaired) electrons. The normalized spacial score (nSPS) is 12.1. The number of rotatable bonds is 7. The van der Waals surface area contributed by atoms with E-state index in [1.165, 1.54) is 0 Å². The molecule has 100 valence electrons. The van der Waals surface area contributed by atoms with Gasteiger partial charge in [0.2, 0.25) is 0 Å². The monoisotopic (exact) mass is 302 g/mol. The zero-order valence-electron chi connectivity index (χ0n) is 10.6. The van der Waals surface area contributed by atoms with E-state index in [2.05, 4.69) is 5.32 Å². The Morgan fingerprint density at radius 3 is 2.83 bits per heavy atom. The van der Waals surface area contributed by atoms with Gasteiger partial charge >= 0.3 is 0 Å². The van der Waals surface area contributed by atoms with Crippen molar-refractivity contribution in [2.45, 2.75) is 11.8 Å². The van der Waals surface area contributed by atoms with E-state index < -0.39 is 10.8 Å². The Morgan fingerprint density at radius 2 is 2.28 bits per heavy atom. The minimum atomic E-state index is -0.757. The van der Waals surface area contributed by atoms with Crippen molar-refractivity contribution in [3.05, 3.63) is 23.8 Å². The molecular weight excluding hydrogens is 284 g/mol. The zero-order valence-corrected chi connectivity index (χ0v) is 13.0. The van der Waals surface area contributed by atoms with Crippen LogP contribution in [-0.2, 0) is 10.8 Å². The van der Waals surface area contributed by atoms with Crippen LogP contribution in [0.1, 0.15) is 12.5 Å². The molecule has 0 aromatic heterocycles. The van der Waals surface area contributed by atoms with E-state index in [4.69, 9.17) is 18.0 Å². The highest BCUT2D eigenvalue weighted by molar-refractivity contribution is 7.98. The summed E-state index contributed by atoms with van der Waals surface area (Å²) in [5.41, 5.74) is 7.56. The van der Waals surface area contributed by atoms with Gasteiger partial charge in [-0.25, -0.2) is 0 Å². The standard InChI is InChI=1S/C12H18N2OS3/c1-3-18(15)8-7-14-9-5-4-6-10(17-2)11(9)12(13)16/h4-6,14H,3,7-8H2,1-2H3,(H2,13,16). The summed E-state index contributed by atoms with van der Waals surface area (Å²) in [6.45, 7) is 2.58. The molecule has 1 aromatic rings. The summed E-state index contributed by atoms with van der Waals surface area (Å²) in [6.07, 6.45) is 1.99. The largest absolute Gasteiger partial charge is 0.389 e. The molecule has 0 saturated heterocycles. The number of thioether (sulfide) groups is 1. The number of nitrogens with two attached hydrogens (primary N) is 1. The number of hydrogen-bond donors (Lipinski definition) is 2. The lowest BCUT2D eigenvalue weighted by molar-refractivity contribution is 0.684. The first kappa shape index (κ1) is 15.5. The van der Waals surface area contributed by atoms with Crippen molar-refractivity contribution >= 4 is 45.5 Å². The highest BCUT2D eigenvalue weighted by atomic mass is 32.2. The number of thiocarbonyl (C=S) groups is 1. The summed E-state index contributed by atoms with van der Waals surface area (Å²) in [6, 6.07) is 5.91. The molecule has 0 heterocycles. The smallest absolute Gasteiger partial charge is 0.107 e. The third-order valence-corrected chi connectivity index (χ3v) is 4.75. The predicted molar refractivity (Wildman–Crippen MR) is 86.2 cm³/mol. The predicted octanol–water partition coefficient (Wildman–Crippen LogP) is 2.22. The second-order valence-electron chi connectivity index (χ2n) is 3.61. The van der Waals surface area contributed by atoms with Gasteiger partial charge in [0.25, 0.3) is 0 Å². The van der Waals surface area contributed by atoms with Crippen LogP contribution in [0.5, 0.6) is 0 Å². The summed E-state index contributed by atoms with van der Waals surface area (Å²) in [5, 5.41) is 3.26. The first-order valence-corrected chi connectivity index (χ1v) is 8.77. The highest BCUT2D eigenvalue weighted by Gasteiger charge is 2.10. The molecule has 0 amide bonds. The van der Waals surface area contributed by atoms with E-state index in [-0.39, 0.29) is 0 Å². The van der Waals surface area contributed by atoms with Crippen LogP contribution in [0, 0.1) is 0 Å². The summed E-state index contributed by atoms with van der Waals surface area (Å²) < 4.78 is 11.4. The lowest BCUT2D eigenvalue weighted by Gasteiger charge is -2.14. The molecule has 0 bridgehead atoms. The number of hydrogen-bond acceptors (Lipinski definition) is 4. The molecule has 6 heteroatoms. The van der Waals surface area contributed by atoms with E-state index in [9.17, 15) is 4.21 Å². The molecule has 0 fully saturated rings. The molecule has 18 heavy (non-hydrogen) atoms. The van der Waals surface area contributed by atoms with Gasteiger partial charge < -0.3 is 11.1 Å². The fraction of sp³-hybridized carbons (Fsp3) is 0.417. The molecule has 1 atom stereocenters. The van der Waals surface area contributed by atoms with Gasteiger partial charge in [-0.3, -0.25) is 4.21 Å². The maximum absolute atomic E-state index is 11.4. The minimum absolute atomic E-state index is 0.388. The van der Waals surface area contributed by atoms with Crippen molar-refractivity contribution in [2.75, 3.05) is 29.6 Å². The van der Waals surface area contributed by atoms with Crippen LogP contribution in [0.15, 0.2) is 23.1 Å². The Labute approximate surface area is 120 Å². The third kappa shape index (κ3) is 4.26. The van der Waals surface area contributed by atoms with Crippen LogP contribution >= 0.6 is 24.0 Å². The van der Waals surface area contributed by atoms with Gasteiger partial charge in [0, 0.05) is 45.0 Å². The molecule has 1 aromatic carbocycles. The quantitative estimate of drug-likeness (QED) is 0.597. The van der Waals surface area contributed by atoms with Gasteiger partial charge in [-0.15, -0.1) is 11.8 Å². The fourth-order valence-electron chi connectivity index (χ4n) is 1.55. The molecule has 3 N–H and O–H groups in total. The Hall–Kier alpha value is -0.590. The summed E-state index contributed by atoms with van der Waals surface area (Å²) >= 11 is 6.71. The lowest BCUT2D eigenvalue weighted by Crippen LogP contribution is -2.17. The first-order chi connectivity index (χ1) is 8.60. The molecule has 0 spiro atoms. The summed E-state index contributed by atoms with van der Waals surface area (Å²) in [5.74, 6) is 1.32. The van der Waals surface area contributed by atoms with Crippen LogP contribution < -0.4 is 11.1 Å². The van der Waals surface area contributed by atoms with Gasteiger partial charge in [-0.05, 0) is 18.4 Å². The molecule has 3 nitrogen and oxygen atoms in total. The fourth-order valence-corrected chi connectivity index (χ4v) is 3.09. The van der Waals surface area contributed by atoms with E-state index >= 15 is 0 Å². The minimum Gasteiger partial charge on any atom is -0.389 e. The van der Waals surface area contributed by atoms with E-state index in [0.717, 1.165) is 16.1 Å². The number of benzene rings is 1. The van der Waals surface area contributed by atoms with Crippen LogP contribution in [0.3, 0.4) is 0 Å². The van der Waals surface area contributed by atoms with E-state index in [1.807, 2.05) is 31.4 Å². The maximum atomic E-state index is 11.4. The van der Waals surface area contributed by atoms with Crippen molar-refractivity contribution < 1.29 is 4.21 Å². The van der Waals surface area contributed by atoms with Gasteiger partial charge in [0.15, 0.2) is 0 Å². The van der Waals surface area contributed by atoms with Gasteiger partial charge in [0.05, 0.1) is 0 Å². The SMILES string of the molecule is CCS(=O)CCNc1cccc(SC)c1C(N)=S. The third-order valence-electron chi connectivity index (χ3n) is 2.46. The number of nitrogens with one attached hydrogen (secondary N) is 1. The second-order valence-corrected chi connectivity index (χ2v) is 6.76. The van der Waals surface area contributed by atoms with E-state index in [1.54, 1.807) is 11.8 Å². The van der Waals surface area contributed by atoms with Crippen LogP contribution in [0.2, 0.25) is 0 Å². The molecule has 1 unspecified atom stereocenters. The average molecular weight is 302 g/mol. The topological polar surface area (TPSA) is 55.1 Å². The Bertz CT molecular complexity index is 449. The Balaban J connectivity index is 2.82. The number of anilines is 1. The van der Waals surface area contributed by atoms with Crippen molar-refractivity contribution in [3.8, 4) is 0 Å². The molecule has 0 aliphatic rings. The first-order valence-electron chi connectivity index (χ1n) is 5.65. The van der Waals surface area contributed by atoms with Crippen molar-refractivity contribution in [3.63, 3.8) is 0 Å². The second kappa shape index (κ2) is 7.76. The van der Waals surface area contributed by atoms with Crippen LogP contribution in [0.25, 0.3) is 0 Å². The van der Waals surface area contributed by atoms with Crippen LogP contribution in [-0.4, -0.2) is 33.5 Å². The van der Waals surface area contributed by atoms with Crippen molar-refractivity contribution in [1.82, 2.24) is 0 Å². The molecular formula is C12H18N2OS3. The average Bonchev–Trinajstić information content (AvgIpc) is 2.37. The molecule has 0 aliphatic heterocycles. The Kier molecular flexibility index (Phi) is 6.67. The summed E-state index contributed by atoms with van der Waals surface area (Å²) in [7, 11) is -0.757. The molecule has 0 aliphatic carbocycles. The zero-order chi connectivity index (χ0) is 13.5. The van der Waals surface area contributed by atoms with Crippen molar-refractivity contribution in [1.29, 1.82) is 0 Å². The van der Waals surface area contributed by atoms with Gasteiger partial charge in [0.1, 0.15) is 4.99 Å². The van der Waals surface area contributed by atoms with Gasteiger partial charge in [-0.2, -0.15) is 0 Å².